The van der Waals surface area contributed by atoms with Gasteiger partial charge in [-0.1, -0.05) is 31.4 Å². The molecule has 4 rings (SSSR count). The summed E-state index contributed by atoms with van der Waals surface area (Å²) >= 11 is 0. The summed E-state index contributed by atoms with van der Waals surface area (Å²) in [6.07, 6.45) is 4.10. The van der Waals surface area contributed by atoms with Crippen LogP contribution in [-0.2, 0) is 11.3 Å². The molecule has 1 aliphatic heterocycles. The molecule has 0 saturated heterocycles. The second-order valence-electron chi connectivity index (χ2n) is 8.23. The summed E-state index contributed by atoms with van der Waals surface area (Å²) < 4.78 is 10.9. The molecule has 1 saturated carbocycles. The third-order valence-corrected chi connectivity index (χ3v) is 6.44. The van der Waals surface area contributed by atoms with Crippen LogP contribution in [0, 0.1) is 6.92 Å². The fourth-order valence-corrected chi connectivity index (χ4v) is 4.70. The van der Waals surface area contributed by atoms with Gasteiger partial charge in [0.2, 0.25) is 5.91 Å². The summed E-state index contributed by atoms with van der Waals surface area (Å²) in [6, 6.07) is 10.9. The predicted molar refractivity (Wildman–Crippen MR) is 120 cm³/mol. The standard InChI is InChI=1S/C24H29N3O4/c1-16-10-11-17(14-21(16)31-3)25-22(28)24(12-5-4-6-13-24)27-15-18-19(26-23(27)29)8-7-9-20(18)30-2/h7-11,14H,4-6,12-13,15H2,1-3H3,(H,25,28)(H,26,29). The van der Waals surface area contributed by atoms with Gasteiger partial charge in [0.25, 0.3) is 0 Å². The molecule has 7 heteroatoms. The van der Waals surface area contributed by atoms with Gasteiger partial charge in [0.1, 0.15) is 17.0 Å². The van der Waals surface area contributed by atoms with Crippen molar-refractivity contribution in [3.05, 3.63) is 47.5 Å². The first-order chi connectivity index (χ1) is 15.0. The van der Waals surface area contributed by atoms with Crippen molar-refractivity contribution >= 4 is 23.3 Å². The van der Waals surface area contributed by atoms with Crippen LogP contribution in [0.5, 0.6) is 11.5 Å². The lowest BCUT2D eigenvalue weighted by molar-refractivity contribution is -0.128. The predicted octanol–water partition coefficient (Wildman–Crippen LogP) is 4.70. The molecule has 31 heavy (non-hydrogen) atoms. The van der Waals surface area contributed by atoms with Crippen molar-refractivity contribution in [1.82, 2.24) is 4.90 Å². The molecule has 0 atom stereocenters. The van der Waals surface area contributed by atoms with Crippen molar-refractivity contribution in [2.75, 3.05) is 24.9 Å². The Morgan fingerprint density at radius 1 is 1.06 bits per heavy atom. The minimum Gasteiger partial charge on any atom is -0.496 e. The van der Waals surface area contributed by atoms with E-state index in [2.05, 4.69) is 10.6 Å². The van der Waals surface area contributed by atoms with Gasteiger partial charge >= 0.3 is 6.03 Å². The molecule has 1 aliphatic carbocycles. The smallest absolute Gasteiger partial charge is 0.323 e. The molecule has 0 bridgehead atoms. The Hall–Kier alpha value is -3.22. The topological polar surface area (TPSA) is 79.9 Å². The zero-order chi connectivity index (χ0) is 22.0. The van der Waals surface area contributed by atoms with Crippen molar-refractivity contribution < 1.29 is 19.1 Å². The van der Waals surface area contributed by atoms with Crippen molar-refractivity contribution in [1.29, 1.82) is 0 Å². The molecule has 1 heterocycles. The number of carbonyl (C=O) groups excluding carboxylic acids is 2. The van der Waals surface area contributed by atoms with Crippen molar-refractivity contribution in [2.24, 2.45) is 0 Å². The Labute approximate surface area is 182 Å². The van der Waals surface area contributed by atoms with E-state index in [-0.39, 0.29) is 11.9 Å². The van der Waals surface area contributed by atoms with Gasteiger partial charge < -0.3 is 25.0 Å². The summed E-state index contributed by atoms with van der Waals surface area (Å²) in [5.74, 6) is 1.26. The number of fused-ring (bicyclic) bond motifs is 1. The molecular formula is C24H29N3O4. The van der Waals surface area contributed by atoms with Gasteiger partial charge in [-0.3, -0.25) is 4.79 Å². The molecule has 1 fully saturated rings. The first kappa shape index (κ1) is 21.0. The molecule has 0 aromatic heterocycles. The van der Waals surface area contributed by atoms with E-state index >= 15 is 0 Å². The number of methoxy groups -OCH3 is 2. The van der Waals surface area contributed by atoms with Crippen LogP contribution in [0.25, 0.3) is 0 Å². The molecule has 2 aliphatic rings. The first-order valence-electron chi connectivity index (χ1n) is 10.7. The first-order valence-corrected chi connectivity index (χ1v) is 10.7. The van der Waals surface area contributed by atoms with Gasteiger partial charge in [0.05, 0.1) is 26.5 Å². The molecule has 2 aromatic rings. The minimum absolute atomic E-state index is 0.161. The normalized spacial score (nSPS) is 17.4. The quantitative estimate of drug-likeness (QED) is 0.730. The van der Waals surface area contributed by atoms with E-state index in [4.69, 9.17) is 9.47 Å². The van der Waals surface area contributed by atoms with Crippen molar-refractivity contribution in [3.63, 3.8) is 0 Å². The number of amides is 3. The Morgan fingerprint density at radius 3 is 2.52 bits per heavy atom. The highest BCUT2D eigenvalue weighted by molar-refractivity contribution is 6.03. The lowest BCUT2D eigenvalue weighted by Crippen LogP contribution is -2.61. The number of ether oxygens (including phenoxy) is 2. The number of benzene rings is 2. The maximum Gasteiger partial charge on any atom is 0.323 e. The van der Waals surface area contributed by atoms with Crippen LogP contribution in [0.4, 0.5) is 16.2 Å². The fourth-order valence-electron chi connectivity index (χ4n) is 4.70. The molecule has 7 nitrogen and oxygen atoms in total. The summed E-state index contributed by atoms with van der Waals surface area (Å²) in [5.41, 5.74) is 2.35. The van der Waals surface area contributed by atoms with Crippen LogP contribution < -0.4 is 20.1 Å². The Morgan fingerprint density at radius 2 is 1.81 bits per heavy atom. The molecule has 0 radical (unpaired) electrons. The van der Waals surface area contributed by atoms with E-state index in [0.717, 1.165) is 36.1 Å². The van der Waals surface area contributed by atoms with Crippen molar-refractivity contribution in [3.8, 4) is 11.5 Å². The molecule has 0 unspecified atom stereocenters. The van der Waals surface area contributed by atoms with E-state index in [0.29, 0.717) is 36.6 Å². The number of aryl methyl sites for hydroxylation is 1. The summed E-state index contributed by atoms with van der Waals surface area (Å²) in [6.45, 7) is 2.28. The number of nitrogens with zero attached hydrogens (tertiary/aromatic N) is 1. The number of hydrogen-bond donors (Lipinski definition) is 2. The number of carbonyl (C=O) groups is 2. The Bertz CT molecular complexity index is 998. The van der Waals surface area contributed by atoms with Gasteiger partial charge in [-0.15, -0.1) is 0 Å². The average molecular weight is 424 g/mol. The van der Waals surface area contributed by atoms with Crippen LogP contribution in [0.1, 0.15) is 43.2 Å². The molecule has 3 amide bonds. The number of hydrogen-bond acceptors (Lipinski definition) is 4. The maximum absolute atomic E-state index is 13.7. The van der Waals surface area contributed by atoms with Gasteiger partial charge in [-0.25, -0.2) is 4.79 Å². The van der Waals surface area contributed by atoms with Crippen LogP contribution in [0.15, 0.2) is 36.4 Å². The molecule has 0 spiro atoms. The molecule has 2 aromatic carbocycles. The van der Waals surface area contributed by atoms with Crippen LogP contribution in [0.2, 0.25) is 0 Å². The number of rotatable bonds is 5. The SMILES string of the molecule is COc1cc(NC(=O)C2(N3Cc4c(cccc4OC)NC3=O)CCCCC2)ccc1C. The second kappa shape index (κ2) is 8.49. The van der Waals surface area contributed by atoms with E-state index < -0.39 is 5.54 Å². The number of nitrogens with one attached hydrogen (secondary N) is 2. The lowest BCUT2D eigenvalue weighted by atomic mass is 9.78. The van der Waals surface area contributed by atoms with E-state index in [9.17, 15) is 9.59 Å². The number of urea groups is 1. The fraction of sp³-hybridized carbons (Fsp3) is 0.417. The van der Waals surface area contributed by atoms with Crippen LogP contribution >= 0.6 is 0 Å². The third-order valence-electron chi connectivity index (χ3n) is 6.44. The monoisotopic (exact) mass is 423 g/mol. The minimum atomic E-state index is -0.918. The largest absolute Gasteiger partial charge is 0.496 e. The molecule has 2 N–H and O–H groups in total. The Balaban J connectivity index is 1.68. The molecule has 164 valence electrons. The molecular weight excluding hydrogens is 394 g/mol. The van der Waals surface area contributed by atoms with E-state index in [1.165, 1.54) is 0 Å². The maximum atomic E-state index is 13.7. The highest BCUT2D eigenvalue weighted by Crippen LogP contribution is 2.41. The van der Waals surface area contributed by atoms with E-state index in [1.54, 1.807) is 19.1 Å². The summed E-state index contributed by atoms with van der Waals surface area (Å²) in [4.78, 5) is 28.5. The van der Waals surface area contributed by atoms with Gasteiger partial charge in [0, 0.05) is 17.3 Å². The summed E-state index contributed by atoms with van der Waals surface area (Å²) in [5, 5.41) is 6.01. The van der Waals surface area contributed by atoms with E-state index in [1.807, 2.05) is 43.3 Å². The lowest BCUT2D eigenvalue weighted by Gasteiger charge is -2.46. The average Bonchev–Trinajstić information content (AvgIpc) is 2.79. The van der Waals surface area contributed by atoms with Crippen LogP contribution in [0.3, 0.4) is 0 Å². The van der Waals surface area contributed by atoms with Crippen molar-refractivity contribution in [2.45, 2.75) is 51.1 Å². The highest BCUT2D eigenvalue weighted by atomic mass is 16.5. The Kier molecular flexibility index (Phi) is 5.76. The third kappa shape index (κ3) is 3.80. The van der Waals surface area contributed by atoms with Gasteiger partial charge in [0.15, 0.2) is 0 Å². The second-order valence-corrected chi connectivity index (χ2v) is 8.23. The highest BCUT2D eigenvalue weighted by Gasteiger charge is 2.48. The van der Waals surface area contributed by atoms with Gasteiger partial charge in [-0.2, -0.15) is 0 Å². The zero-order valence-corrected chi connectivity index (χ0v) is 18.3. The number of anilines is 2. The summed E-state index contributed by atoms with van der Waals surface area (Å²) in [7, 11) is 3.23. The van der Waals surface area contributed by atoms with Gasteiger partial charge in [-0.05, 0) is 43.5 Å². The zero-order valence-electron chi connectivity index (χ0n) is 18.3. The van der Waals surface area contributed by atoms with Crippen LogP contribution in [-0.4, -0.2) is 36.6 Å².